The molecule has 1 saturated heterocycles. The molecule has 0 saturated carbocycles. The third kappa shape index (κ3) is 7.52. The summed E-state index contributed by atoms with van der Waals surface area (Å²) in [5.74, 6) is -1.76. The van der Waals surface area contributed by atoms with Gasteiger partial charge in [0.2, 0.25) is 11.8 Å². The maximum Gasteiger partial charge on any atom is 0.331 e. The average molecular weight is 420 g/mol. The Kier molecular flexibility index (Phi) is 8.97. The Bertz CT molecular complexity index is 592. The average Bonchev–Trinajstić information content (AvgIpc) is 2.56. The molecule has 0 aromatic rings. The van der Waals surface area contributed by atoms with Crippen LogP contribution < -0.4 is 10.6 Å². The van der Waals surface area contributed by atoms with Gasteiger partial charge in [-0.15, -0.1) is 0 Å². The Morgan fingerprint density at radius 2 is 1.69 bits per heavy atom. The first-order valence-electron chi connectivity index (χ1n) is 9.31. The molecule has 0 spiro atoms. The Morgan fingerprint density at radius 3 is 2.14 bits per heavy atom. The predicted molar refractivity (Wildman–Crippen MR) is 99.4 cm³/mol. The summed E-state index contributed by atoms with van der Waals surface area (Å²) >= 11 is 0. The van der Waals surface area contributed by atoms with E-state index in [0.29, 0.717) is 0 Å². The van der Waals surface area contributed by atoms with Crippen LogP contribution in [0.4, 0.5) is 0 Å². The van der Waals surface area contributed by atoms with Gasteiger partial charge in [-0.2, -0.15) is 0 Å². The molecule has 168 valence electrons. The van der Waals surface area contributed by atoms with Crippen molar-refractivity contribution < 1.29 is 43.9 Å². The summed E-state index contributed by atoms with van der Waals surface area (Å²) < 4.78 is 16.5. The molecule has 2 amide bonds. The molecule has 0 aromatic heterocycles. The number of hydrogen-bond acceptors (Lipinski definition) is 9. The van der Waals surface area contributed by atoms with Crippen LogP contribution in [0, 0.1) is 0 Å². The highest BCUT2D eigenvalue weighted by Crippen LogP contribution is 2.24. The highest BCUT2D eigenvalue weighted by molar-refractivity contribution is 5.84. The second-order valence-electron chi connectivity index (χ2n) is 7.99. The Balaban J connectivity index is 3.05. The highest BCUT2D eigenvalue weighted by atomic mass is 16.7. The van der Waals surface area contributed by atoms with Gasteiger partial charge in [-0.3, -0.25) is 9.59 Å². The minimum atomic E-state index is -1.50. The molecule has 1 fully saturated rings. The van der Waals surface area contributed by atoms with E-state index in [9.17, 15) is 29.7 Å². The summed E-state index contributed by atoms with van der Waals surface area (Å²) in [7, 11) is 0. The monoisotopic (exact) mass is 420 g/mol. The van der Waals surface area contributed by atoms with E-state index >= 15 is 0 Å². The lowest BCUT2D eigenvalue weighted by molar-refractivity contribution is -0.282. The van der Waals surface area contributed by atoms with E-state index in [1.54, 1.807) is 20.8 Å². The zero-order chi connectivity index (χ0) is 22.5. The molecular formula is C18H32N2O9. The number of rotatable bonds is 7. The van der Waals surface area contributed by atoms with Crippen molar-refractivity contribution in [3.63, 3.8) is 0 Å². The molecule has 0 radical (unpaired) electrons. The number of esters is 1. The predicted octanol–water partition coefficient (Wildman–Crippen LogP) is -1.82. The van der Waals surface area contributed by atoms with Crippen LogP contribution in [0.3, 0.4) is 0 Å². The van der Waals surface area contributed by atoms with Gasteiger partial charge in [-0.25, -0.2) is 4.79 Å². The van der Waals surface area contributed by atoms with E-state index in [2.05, 4.69) is 10.6 Å². The molecule has 11 nitrogen and oxygen atoms in total. The van der Waals surface area contributed by atoms with Gasteiger partial charge in [0.1, 0.15) is 30.0 Å². The standard InChI is InChI=1S/C18H32N2O9/c1-8(12(19-9(2)22)16(26)29-18(4,5)6)27-17-13(20-10(3)23)15(25)14(24)11(7-21)28-17/h8,11-15,17,21,24-25H,7H2,1-6H3,(H,19,22)(H,20,23)/t8-,11-,12+,13-,14+,15-,17+/m1/s1. The van der Waals surface area contributed by atoms with Crippen LogP contribution in [-0.2, 0) is 28.6 Å². The zero-order valence-corrected chi connectivity index (χ0v) is 17.5. The Morgan fingerprint density at radius 1 is 1.10 bits per heavy atom. The van der Waals surface area contributed by atoms with Gasteiger partial charge < -0.3 is 40.2 Å². The largest absolute Gasteiger partial charge is 0.458 e. The van der Waals surface area contributed by atoms with E-state index in [4.69, 9.17) is 14.2 Å². The normalized spacial score (nSPS) is 29.5. The highest BCUT2D eigenvalue weighted by Gasteiger charge is 2.47. The third-order valence-corrected chi connectivity index (χ3v) is 4.09. The van der Waals surface area contributed by atoms with E-state index < -0.39 is 72.8 Å². The lowest BCUT2D eigenvalue weighted by atomic mass is 9.96. The lowest BCUT2D eigenvalue weighted by Gasteiger charge is -2.43. The summed E-state index contributed by atoms with van der Waals surface area (Å²) in [5, 5.41) is 34.6. The van der Waals surface area contributed by atoms with Gasteiger partial charge in [0, 0.05) is 13.8 Å². The summed E-state index contributed by atoms with van der Waals surface area (Å²) in [5.41, 5.74) is -0.810. The summed E-state index contributed by atoms with van der Waals surface area (Å²) in [4.78, 5) is 35.6. The molecule has 0 unspecified atom stereocenters. The number of nitrogens with one attached hydrogen (secondary N) is 2. The zero-order valence-electron chi connectivity index (χ0n) is 17.5. The molecule has 29 heavy (non-hydrogen) atoms. The first-order valence-corrected chi connectivity index (χ1v) is 9.31. The van der Waals surface area contributed by atoms with Gasteiger partial charge >= 0.3 is 5.97 Å². The number of hydrogen-bond donors (Lipinski definition) is 5. The molecule has 1 aliphatic heterocycles. The van der Waals surface area contributed by atoms with Crippen molar-refractivity contribution in [3.05, 3.63) is 0 Å². The number of aliphatic hydroxyl groups excluding tert-OH is 3. The van der Waals surface area contributed by atoms with Crippen LogP contribution in [0.1, 0.15) is 41.5 Å². The van der Waals surface area contributed by atoms with Crippen LogP contribution in [0.2, 0.25) is 0 Å². The Labute approximate surface area is 169 Å². The van der Waals surface area contributed by atoms with Gasteiger partial charge in [-0.05, 0) is 27.7 Å². The van der Waals surface area contributed by atoms with Gasteiger partial charge in [0.15, 0.2) is 12.3 Å². The minimum Gasteiger partial charge on any atom is -0.458 e. The quantitative estimate of drug-likeness (QED) is 0.298. The number of carbonyl (C=O) groups is 3. The molecule has 1 aliphatic rings. The fraction of sp³-hybridized carbons (Fsp3) is 0.833. The maximum atomic E-state index is 12.5. The summed E-state index contributed by atoms with van der Waals surface area (Å²) in [6.45, 7) is 8.30. The molecule has 7 atom stereocenters. The fourth-order valence-electron chi connectivity index (χ4n) is 2.83. The Hall–Kier alpha value is -1.79. The van der Waals surface area contributed by atoms with Gasteiger partial charge in [-0.1, -0.05) is 0 Å². The van der Waals surface area contributed by atoms with Crippen molar-refractivity contribution in [3.8, 4) is 0 Å². The van der Waals surface area contributed by atoms with E-state index in [1.165, 1.54) is 20.8 Å². The van der Waals surface area contributed by atoms with Crippen molar-refractivity contribution >= 4 is 17.8 Å². The molecular weight excluding hydrogens is 388 g/mol. The first kappa shape index (κ1) is 25.2. The molecule has 0 bridgehead atoms. The second kappa shape index (κ2) is 10.3. The van der Waals surface area contributed by atoms with Gasteiger partial charge in [0.05, 0.1) is 12.7 Å². The van der Waals surface area contributed by atoms with Crippen LogP contribution in [0.5, 0.6) is 0 Å². The van der Waals surface area contributed by atoms with Crippen LogP contribution in [0.15, 0.2) is 0 Å². The van der Waals surface area contributed by atoms with Crippen LogP contribution in [0.25, 0.3) is 0 Å². The van der Waals surface area contributed by atoms with Crippen LogP contribution >= 0.6 is 0 Å². The SMILES string of the molecule is CC(=O)N[C@H]1[C@@H](O[C@H](C)[C@H](NC(C)=O)C(=O)OC(C)(C)C)O[C@H](CO)[C@H](O)[C@@H]1O. The van der Waals surface area contributed by atoms with E-state index in [1.807, 2.05) is 0 Å². The maximum absolute atomic E-state index is 12.5. The summed E-state index contributed by atoms with van der Waals surface area (Å²) in [6.07, 6.45) is -6.46. The number of amides is 2. The second-order valence-corrected chi connectivity index (χ2v) is 7.99. The molecule has 1 heterocycles. The first-order chi connectivity index (χ1) is 13.3. The topological polar surface area (TPSA) is 164 Å². The molecule has 0 aliphatic carbocycles. The van der Waals surface area contributed by atoms with Crippen molar-refractivity contribution in [1.82, 2.24) is 10.6 Å². The lowest BCUT2D eigenvalue weighted by Crippen LogP contribution is -2.65. The molecule has 0 aromatic carbocycles. The molecule has 11 heteroatoms. The minimum absolute atomic E-state index is 0.497. The number of ether oxygens (including phenoxy) is 3. The van der Waals surface area contributed by atoms with E-state index in [-0.39, 0.29) is 0 Å². The third-order valence-electron chi connectivity index (χ3n) is 4.09. The number of aliphatic hydroxyl groups is 3. The van der Waals surface area contributed by atoms with Crippen molar-refractivity contribution in [2.75, 3.05) is 6.61 Å². The molecule has 5 N–H and O–H groups in total. The molecule has 1 rings (SSSR count). The van der Waals surface area contributed by atoms with Crippen LogP contribution in [-0.4, -0.2) is 88.1 Å². The van der Waals surface area contributed by atoms with Crippen molar-refractivity contribution in [2.24, 2.45) is 0 Å². The van der Waals surface area contributed by atoms with E-state index in [0.717, 1.165) is 0 Å². The van der Waals surface area contributed by atoms with Crippen molar-refractivity contribution in [1.29, 1.82) is 0 Å². The van der Waals surface area contributed by atoms with Crippen molar-refractivity contribution in [2.45, 2.75) is 89.9 Å². The fourth-order valence-corrected chi connectivity index (χ4v) is 2.83. The smallest absolute Gasteiger partial charge is 0.331 e. The number of carbonyl (C=O) groups excluding carboxylic acids is 3. The van der Waals surface area contributed by atoms with Gasteiger partial charge in [0.25, 0.3) is 0 Å². The summed E-state index contributed by atoms with van der Waals surface area (Å²) in [6, 6.07) is -2.38.